The third-order valence-electron chi connectivity index (χ3n) is 7.80. The predicted molar refractivity (Wildman–Crippen MR) is 121 cm³/mol. The number of esters is 2. The molecular formula is C28H26O4. The molecule has 0 unspecified atom stereocenters. The molecule has 0 spiro atoms. The van der Waals surface area contributed by atoms with Gasteiger partial charge < -0.3 is 9.47 Å². The second kappa shape index (κ2) is 7.19. The zero-order valence-electron chi connectivity index (χ0n) is 18.4. The van der Waals surface area contributed by atoms with Crippen molar-refractivity contribution in [1.29, 1.82) is 0 Å². The first-order valence-corrected chi connectivity index (χ1v) is 11.7. The summed E-state index contributed by atoms with van der Waals surface area (Å²) in [5.74, 6) is 0.184. The normalized spacial score (nSPS) is 25.9. The van der Waals surface area contributed by atoms with Gasteiger partial charge in [-0.15, -0.1) is 0 Å². The summed E-state index contributed by atoms with van der Waals surface area (Å²) in [6, 6.07) is 17.3. The molecule has 32 heavy (non-hydrogen) atoms. The fraction of sp³-hybridized carbons (Fsp3) is 0.357. The first-order valence-electron chi connectivity index (χ1n) is 11.7. The molecule has 0 saturated heterocycles. The number of ether oxygens (including phenoxy) is 2. The highest BCUT2D eigenvalue weighted by Crippen LogP contribution is 2.71. The Kier molecular flexibility index (Phi) is 4.39. The lowest BCUT2D eigenvalue weighted by Gasteiger charge is -2.22. The minimum absolute atomic E-state index is 0.171. The van der Waals surface area contributed by atoms with Crippen LogP contribution in [0.25, 0.3) is 16.7 Å². The highest BCUT2D eigenvalue weighted by atomic mass is 16.6. The molecule has 4 heteroatoms. The van der Waals surface area contributed by atoms with Crippen molar-refractivity contribution in [2.75, 3.05) is 13.2 Å². The van der Waals surface area contributed by atoms with E-state index >= 15 is 0 Å². The van der Waals surface area contributed by atoms with Crippen molar-refractivity contribution in [2.24, 2.45) is 23.7 Å². The lowest BCUT2D eigenvalue weighted by atomic mass is 9.83. The molecule has 4 saturated carbocycles. The summed E-state index contributed by atoms with van der Waals surface area (Å²) in [7, 11) is 0. The van der Waals surface area contributed by atoms with Gasteiger partial charge in [0, 0.05) is 0 Å². The van der Waals surface area contributed by atoms with Crippen LogP contribution in [0.2, 0.25) is 0 Å². The molecule has 7 rings (SSSR count). The van der Waals surface area contributed by atoms with Gasteiger partial charge in [-0.05, 0) is 83.8 Å². The number of carbonyl (C=O) groups is 2. The summed E-state index contributed by atoms with van der Waals surface area (Å²) in [6.07, 6.45) is 2.02. The van der Waals surface area contributed by atoms with Gasteiger partial charge in [-0.25, -0.2) is 9.59 Å². The van der Waals surface area contributed by atoms with Crippen LogP contribution in [0.4, 0.5) is 0 Å². The van der Waals surface area contributed by atoms with Gasteiger partial charge in [-0.3, -0.25) is 0 Å². The topological polar surface area (TPSA) is 52.6 Å². The molecule has 0 aromatic heterocycles. The molecule has 0 heterocycles. The van der Waals surface area contributed by atoms with Crippen LogP contribution in [0.3, 0.4) is 0 Å². The number of benzene rings is 2. The summed E-state index contributed by atoms with van der Waals surface area (Å²) in [6.45, 7) is 4.04. The molecule has 5 aliphatic rings. The third kappa shape index (κ3) is 2.49. The molecule has 162 valence electrons. The predicted octanol–water partition coefficient (Wildman–Crippen LogP) is 5.18. The maximum Gasteiger partial charge on any atom is 0.345 e. The number of rotatable bonds is 4. The van der Waals surface area contributed by atoms with Gasteiger partial charge in [0.15, 0.2) is 0 Å². The van der Waals surface area contributed by atoms with E-state index in [1.54, 1.807) is 13.8 Å². The number of carbonyl (C=O) groups excluding carboxylic acids is 2. The van der Waals surface area contributed by atoms with Crippen LogP contribution in [0.15, 0.2) is 65.3 Å². The van der Waals surface area contributed by atoms with E-state index in [0.29, 0.717) is 11.8 Å². The van der Waals surface area contributed by atoms with Gasteiger partial charge in [0.1, 0.15) is 5.57 Å². The summed E-state index contributed by atoms with van der Waals surface area (Å²) in [4.78, 5) is 25.5. The van der Waals surface area contributed by atoms with Crippen molar-refractivity contribution in [3.8, 4) is 11.1 Å². The SMILES string of the molecule is CCOC(=O)C(C(=O)OCC)=C1[C@@H]2C[C@H]3C(=C4c5ccccc5-c5ccccc54)[C@@H]2C[C@@H]13. The number of hydrogen-bond acceptors (Lipinski definition) is 4. The van der Waals surface area contributed by atoms with Crippen LogP contribution in [0.1, 0.15) is 37.8 Å². The Morgan fingerprint density at radius 1 is 0.719 bits per heavy atom. The quantitative estimate of drug-likeness (QED) is 0.250. The van der Waals surface area contributed by atoms with Crippen LogP contribution in [-0.2, 0) is 19.1 Å². The summed E-state index contributed by atoms with van der Waals surface area (Å²) in [5.41, 5.74) is 9.36. The van der Waals surface area contributed by atoms with Crippen LogP contribution >= 0.6 is 0 Å². The molecule has 2 aromatic rings. The number of allylic oxidation sites excluding steroid dienone is 2. The first kappa shape index (κ1) is 19.5. The van der Waals surface area contributed by atoms with Gasteiger partial charge in [-0.1, -0.05) is 54.1 Å². The zero-order valence-corrected chi connectivity index (χ0v) is 18.4. The highest BCUT2D eigenvalue weighted by molar-refractivity contribution is 6.15. The van der Waals surface area contributed by atoms with E-state index in [4.69, 9.17) is 9.47 Å². The molecule has 0 radical (unpaired) electrons. The maximum atomic E-state index is 12.8. The fourth-order valence-electron chi connectivity index (χ4n) is 6.92. The van der Waals surface area contributed by atoms with Gasteiger partial charge in [0.25, 0.3) is 0 Å². The van der Waals surface area contributed by atoms with E-state index in [9.17, 15) is 9.59 Å². The fourth-order valence-corrected chi connectivity index (χ4v) is 6.92. The highest BCUT2D eigenvalue weighted by Gasteiger charge is 2.62. The molecule has 0 aliphatic heterocycles. The monoisotopic (exact) mass is 426 g/mol. The van der Waals surface area contributed by atoms with Crippen molar-refractivity contribution in [1.82, 2.24) is 0 Å². The zero-order chi connectivity index (χ0) is 22.0. The van der Waals surface area contributed by atoms with Crippen molar-refractivity contribution >= 4 is 17.5 Å². The molecule has 4 bridgehead atoms. The van der Waals surface area contributed by atoms with E-state index in [1.165, 1.54) is 33.4 Å². The van der Waals surface area contributed by atoms with Crippen LogP contribution in [-0.4, -0.2) is 25.2 Å². The average molecular weight is 427 g/mol. The largest absolute Gasteiger partial charge is 0.462 e. The van der Waals surface area contributed by atoms with Crippen molar-refractivity contribution in [3.63, 3.8) is 0 Å². The molecule has 4 atom stereocenters. The Labute approximate surface area is 187 Å². The Balaban J connectivity index is 1.48. The molecule has 4 nitrogen and oxygen atoms in total. The molecule has 5 aliphatic carbocycles. The standard InChI is InChI=1S/C28H26O4/c1-3-31-27(29)26(28(30)32-4-2)25-21-13-19-22(25)14-20(21)24(19)23-17-11-7-5-9-15(17)16-10-6-8-12-18(16)23/h5-12,19-22H,3-4,13-14H2,1-2H3/t19-,20-,21-,22-/m1/s1. The Morgan fingerprint density at radius 2 is 1.16 bits per heavy atom. The smallest absolute Gasteiger partial charge is 0.345 e. The van der Waals surface area contributed by atoms with E-state index in [2.05, 4.69) is 48.5 Å². The Bertz CT molecular complexity index is 1130. The Hall–Kier alpha value is -3.14. The first-order chi connectivity index (χ1) is 15.7. The van der Waals surface area contributed by atoms with E-state index < -0.39 is 11.9 Å². The second-order valence-electron chi connectivity index (χ2n) is 9.09. The van der Waals surface area contributed by atoms with Crippen molar-refractivity contribution in [2.45, 2.75) is 26.7 Å². The third-order valence-corrected chi connectivity index (χ3v) is 7.80. The van der Waals surface area contributed by atoms with Gasteiger partial charge in [0.2, 0.25) is 0 Å². The van der Waals surface area contributed by atoms with E-state index in [0.717, 1.165) is 18.4 Å². The molecule has 2 aromatic carbocycles. The van der Waals surface area contributed by atoms with Crippen LogP contribution in [0.5, 0.6) is 0 Å². The Morgan fingerprint density at radius 3 is 1.59 bits per heavy atom. The molecule has 0 N–H and O–H groups in total. The summed E-state index contributed by atoms with van der Waals surface area (Å²) in [5, 5.41) is 0. The summed E-state index contributed by atoms with van der Waals surface area (Å²) < 4.78 is 10.5. The van der Waals surface area contributed by atoms with Gasteiger partial charge in [0.05, 0.1) is 13.2 Å². The van der Waals surface area contributed by atoms with E-state index in [-0.39, 0.29) is 30.6 Å². The number of fused-ring (bicyclic) bond motifs is 3. The van der Waals surface area contributed by atoms with Crippen molar-refractivity contribution in [3.05, 3.63) is 76.4 Å². The van der Waals surface area contributed by atoms with Crippen molar-refractivity contribution < 1.29 is 19.1 Å². The molecular weight excluding hydrogens is 400 g/mol. The average Bonchev–Trinajstić information content (AvgIpc) is 3.57. The lowest BCUT2D eigenvalue weighted by Crippen LogP contribution is -2.23. The minimum Gasteiger partial charge on any atom is -0.462 e. The van der Waals surface area contributed by atoms with Crippen LogP contribution < -0.4 is 0 Å². The van der Waals surface area contributed by atoms with Gasteiger partial charge in [-0.2, -0.15) is 0 Å². The van der Waals surface area contributed by atoms with Gasteiger partial charge >= 0.3 is 11.9 Å². The number of hydrogen-bond donors (Lipinski definition) is 0. The lowest BCUT2D eigenvalue weighted by molar-refractivity contribution is -0.146. The molecule has 4 fully saturated rings. The minimum atomic E-state index is -0.523. The summed E-state index contributed by atoms with van der Waals surface area (Å²) >= 11 is 0. The second-order valence-corrected chi connectivity index (χ2v) is 9.09. The molecule has 0 amide bonds. The van der Waals surface area contributed by atoms with E-state index in [1.807, 2.05) is 0 Å². The van der Waals surface area contributed by atoms with Crippen LogP contribution in [0, 0.1) is 23.7 Å². The maximum absolute atomic E-state index is 12.8.